The number of oxazole rings is 1. The Balaban J connectivity index is 1.37. The smallest absolute Gasteiger partial charge is 0.254 e. The summed E-state index contributed by atoms with van der Waals surface area (Å²) in [6.45, 7) is 0.809. The third-order valence-electron chi connectivity index (χ3n) is 6.13. The van der Waals surface area contributed by atoms with Gasteiger partial charge in [-0.25, -0.2) is 9.97 Å². The summed E-state index contributed by atoms with van der Waals surface area (Å²) in [5, 5.41) is 0. The zero-order chi connectivity index (χ0) is 18.0. The average Bonchev–Trinajstić information content (AvgIpc) is 3.42. The molecule has 0 bridgehead atoms. The number of carbonyl (C=O) groups excluding carboxylic acids is 1. The van der Waals surface area contributed by atoms with E-state index >= 15 is 0 Å². The first-order chi connectivity index (χ1) is 13.3. The first kappa shape index (κ1) is 15.0. The molecule has 6 nitrogen and oxygen atoms in total. The molecule has 2 aromatic heterocycles. The zero-order valence-corrected chi connectivity index (χ0v) is 14.7. The summed E-state index contributed by atoms with van der Waals surface area (Å²) in [4.78, 5) is 27.0. The number of piperidine rings is 1. The van der Waals surface area contributed by atoms with Gasteiger partial charge in [0, 0.05) is 24.1 Å². The maximum absolute atomic E-state index is 13.3. The maximum Gasteiger partial charge on any atom is 0.254 e. The molecule has 2 atom stereocenters. The molecule has 2 aromatic carbocycles. The fraction of sp³-hybridized carbons (Fsp3) is 0.286. The zero-order valence-electron chi connectivity index (χ0n) is 14.7. The van der Waals surface area contributed by atoms with Crippen LogP contribution in [0, 0.1) is 0 Å². The standard InChI is InChI=1S/C21H18N4O2/c26-21(12-3-4-16-17(6-12)23-10-22-16)25-5-1-2-14-15-9-20-18(24-11-27-20)7-13(15)8-19(14)25/h3-4,6-7,9-11,14,19H,1-2,5,8H2,(H,22,23)/t14-,19+/m0/s1. The van der Waals surface area contributed by atoms with Crippen molar-refractivity contribution in [2.45, 2.75) is 31.2 Å². The van der Waals surface area contributed by atoms with Crippen LogP contribution in [0.4, 0.5) is 0 Å². The molecule has 3 heterocycles. The molecule has 0 spiro atoms. The molecule has 2 aliphatic rings. The topological polar surface area (TPSA) is 75.0 Å². The number of benzene rings is 2. The van der Waals surface area contributed by atoms with E-state index in [1.165, 1.54) is 17.5 Å². The number of nitrogens with zero attached hydrogens (tertiary/aromatic N) is 3. The summed E-state index contributed by atoms with van der Waals surface area (Å²) in [6.07, 6.45) is 6.18. The van der Waals surface area contributed by atoms with Gasteiger partial charge in [-0.3, -0.25) is 4.79 Å². The summed E-state index contributed by atoms with van der Waals surface area (Å²) in [5.74, 6) is 0.485. The monoisotopic (exact) mass is 358 g/mol. The van der Waals surface area contributed by atoms with Gasteiger partial charge in [-0.1, -0.05) is 0 Å². The highest BCUT2D eigenvalue weighted by molar-refractivity contribution is 5.97. The molecule has 0 radical (unpaired) electrons. The van der Waals surface area contributed by atoms with Crippen LogP contribution in [-0.4, -0.2) is 38.3 Å². The van der Waals surface area contributed by atoms with Gasteiger partial charge >= 0.3 is 0 Å². The molecule has 1 fully saturated rings. The maximum atomic E-state index is 13.3. The Morgan fingerprint density at radius 3 is 3.11 bits per heavy atom. The van der Waals surface area contributed by atoms with Gasteiger partial charge in [0.15, 0.2) is 12.0 Å². The van der Waals surface area contributed by atoms with Gasteiger partial charge in [0.05, 0.1) is 17.4 Å². The average molecular weight is 358 g/mol. The van der Waals surface area contributed by atoms with Crippen LogP contribution < -0.4 is 0 Å². The number of hydrogen-bond donors (Lipinski definition) is 1. The molecule has 1 saturated heterocycles. The molecule has 134 valence electrons. The lowest BCUT2D eigenvalue weighted by Crippen LogP contribution is -2.46. The highest BCUT2D eigenvalue weighted by Gasteiger charge is 2.41. The second kappa shape index (κ2) is 5.42. The van der Waals surface area contributed by atoms with E-state index in [1.807, 2.05) is 18.2 Å². The van der Waals surface area contributed by atoms with Crippen molar-refractivity contribution in [3.8, 4) is 0 Å². The quantitative estimate of drug-likeness (QED) is 0.564. The Labute approximate surface area is 155 Å². The van der Waals surface area contributed by atoms with Gasteiger partial charge in [0.2, 0.25) is 0 Å². The number of likely N-dealkylation sites (tertiary alicyclic amines) is 1. The first-order valence-corrected chi connectivity index (χ1v) is 9.38. The molecule has 6 rings (SSSR count). The van der Waals surface area contributed by atoms with Gasteiger partial charge < -0.3 is 14.3 Å². The fourth-order valence-electron chi connectivity index (χ4n) is 4.87. The molecule has 6 heteroatoms. The number of carbonyl (C=O) groups is 1. The van der Waals surface area contributed by atoms with Crippen LogP contribution in [0.1, 0.15) is 40.2 Å². The van der Waals surface area contributed by atoms with Crippen LogP contribution in [0.2, 0.25) is 0 Å². The van der Waals surface area contributed by atoms with Crippen molar-refractivity contribution in [2.75, 3.05) is 6.54 Å². The Hall–Kier alpha value is -3.15. The number of H-pyrrole nitrogens is 1. The number of amides is 1. The second-order valence-electron chi connectivity index (χ2n) is 7.52. The van der Waals surface area contributed by atoms with Crippen molar-refractivity contribution in [3.05, 3.63) is 59.7 Å². The summed E-state index contributed by atoms with van der Waals surface area (Å²) in [5.41, 5.74) is 6.86. The molecule has 1 N–H and O–H groups in total. The van der Waals surface area contributed by atoms with Gasteiger partial charge in [-0.15, -0.1) is 0 Å². The molecule has 27 heavy (non-hydrogen) atoms. The Morgan fingerprint density at radius 2 is 2.15 bits per heavy atom. The van der Waals surface area contributed by atoms with E-state index in [4.69, 9.17) is 4.42 Å². The van der Waals surface area contributed by atoms with E-state index in [9.17, 15) is 4.79 Å². The van der Waals surface area contributed by atoms with Crippen molar-refractivity contribution in [3.63, 3.8) is 0 Å². The second-order valence-corrected chi connectivity index (χ2v) is 7.52. The Bertz CT molecular complexity index is 1190. The first-order valence-electron chi connectivity index (χ1n) is 9.38. The summed E-state index contributed by atoms with van der Waals surface area (Å²) < 4.78 is 5.50. The van der Waals surface area contributed by atoms with Gasteiger partial charge in [0.25, 0.3) is 5.91 Å². The largest absolute Gasteiger partial charge is 0.443 e. The van der Waals surface area contributed by atoms with E-state index < -0.39 is 0 Å². The molecule has 4 aromatic rings. The Morgan fingerprint density at radius 1 is 1.19 bits per heavy atom. The summed E-state index contributed by atoms with van der Waals surface area (Å²) >= 11 is 0. The highest BCUT2D eigenvalue weighted by Crippen LogP contribution is 2.43. The molecule has 1 aliphatic heterocycles. The van der Waals surface area contributed by atoms with Crippen molar-refractivity contribution >= 4 is 28.0 Å². The van der Waals surface area contributed by atoms with E-state index in [-0.39, 0.29) is 11.9 Å². The SMILES string of the molecule is O=C(c1ccc2nc[nH]c2c1)N1CCC[C@H]2c3cc4ocnc4cc3C[C@H]21. The molecular weight excluding hydrogens is 340 g/mol. The third kappa shape index (κ3) is 2.16. The number of nitrogens with one attached hydrogen (secondary N) is 1. The lowest BCUT2D eigenvalue weighted by atomic mass is 9.88. The minimum atomic E-state index is 0.107. The van der Waals surface area contributed by atoms with Crippen molar-refractivity contribution < 1.29 is 9.21 Å². The lowest BCUT2D eigenvalue weighted by molar-refractivity contribution is 0.0595. The van der Waals surface area contributed by atoms with E-state index in [1.54, 1.807) is 6.33 Å². The Kier molecular flexibility index (Phi) is 3.01. The van der Waals surface area contributed by atoms with E-state index in [2.05, 4.69) is 32.0 Å². The highest BCUT2D eigenvalue weighted by atomic mass is 16.3. The van der Waals surface area contributed by atoms with Crippen LogP contribution in [0.15, 0.2) is 47.5 Å². The number of fused-ring (bicyclic) bond motifs is 5. The van der Waals surface area contributed by atoms with Gasteiger partial charge in [-0.2, -0.15) is 0 Å². The van der Waals surface area contributed by atoms with Crippen LogP contribution in [0.5, 0.6) is 0 Å². The molecule has 0 unspecified atom stereocenters. The lowest BCUT2D eigenvalue weighted by Gasteiger charge is -2.38. The number of aromatic nitrogens is 3. The molecule has 1 amide bonds. The number of imidazole rings is 1. The fourth-order valence-corrected chi connectivity index (χ4v) is 4.87. The molecule has 0 saturated carbocycles. The minimum Gasteiger partial charge on any atom is -0.443 e. The van der Waals surface area contributed by atoms with E-state index in [0.29, 0.717) is 5.92 Å². The van der Waals surface area contributed by atoms with Crippen LogP contribution in [0.3, 0.4) is 0 Å². The molecular formula is C21H18N4O2. The summed E-state index contributed by atoms with van der Waals surface area (Å²) in [6, 6.07) is 10.2. The number of rotatable bonds is 1. The van der Waals surface area contributed by atoms with Crippen molar-refractivity contribution in [2.24, 2.45) is 0 Å². The van der Waals surface area contributed by atoms with Gasteiger partial charge in [0.1, 0.15) is 5.52 Å². The van der Waals surface area contributed by atoms with Crippen molar-refractivity contribution in [1.82, 2.24) is 19.9 Å². The van der Waals surface area contributed by atoms with Crippen LogP contribution in [0.25, 0.3) is 22.1 Å². The summed E-state index contributed by atoms with van der Waals surface area (Å²) in [7, 11) is 0. The minimum absolute atomic E-state index is 0.107. The number of aromatic amines is 1. The van der Waals surface area contributed by atoms with Crippen LogP contribution in [-0.2, 0) is 6.42 Å². The predicted molar refractivity (Wildman–Crippen MR) is 101 cm³/mol. The molecule has 1 aliphatic carbocycles. The van der Waals surface area contributed by atoms with Crippen molar-refractivity contribution in [1.29, 1.82) is 0 Å². The third-order valence-corrected chi connectivity index (χ3v) is 6.13. The predicted octanol–water partition coefficient (Wildman–Crippen LogP) is 3.65. The number of hydrogen-bond acceptors (Lipinski definition) is 4. The normalized spacial score (nSPS) is 21.6. The van der Waals surface area contributed by atoms with Gasteiger partial charge in [-0.05, 0) is 60.7 Å². The van der Waals surface area contributed by atoms with Crippen LogP contribution >= 0.6 is 0 Å². The van der Waals surface area contributed by atoms with E-state index in [0.717, 1.165) is 53.5 Å².